The van der Waals surface area contributed by atoms with Crippen LogP contribution in [0.15, 0.2) is 11.6 Å². The number of ketones is 1. The summed E-state index contributed by atoms with van der Waals surface area (Å²) >= 11 is 0. The van der Waals surface area contributed by atoms with Gasteiger partial charge in [-0.2, -0.15) is 0 Å². The van der Waals surface area contributed by atoms with E-state index < -0.39 is 0 Å². The highest BCUT2D eigenvalue weighted by Gasteiger charge is 2.52. The third-order valence-electron chi connectivity index (χ3n) is 6.19. The van der Waals surface area contributed by atoms with Crippen LogP contribution in [0.4, 0.5) is 0 Å². The Morgan fingerprint density at radius 1 is 1.11 bits per heavy atom. The van der Waals surface area contributed by atoms with Crippen molar-refractivity contribution in [1.82, 2.24) is 0 Å². The highest BCUT2D eigenvalue weighted by atomic mass is 16.1. The minimum absolute atomic E-state index is 0.320. The summed E-state index contributed by atoms with van der Waals surface area (Å²) in [5, 5.41) is 0. The van der Waals surface area contributed by atoms with Crippen LogP contribution in [0.1, 0.15) is 65.7 Å². The fourth-order valence-electron chi connectivity index (χ4n) is 5.31. The Labute approximate surface area is 111 Å². The van der Waals surface area contributed by atoms with E-state index in [0.717, 1.165) is 24.7 Å². The lowest BCUT2D eigenvalue weighted by molar-refractivity contribution is -0.116. The molecular weight excluding hydrogens is 220 g/mol. The van der Waals surface area contributed by atoms with Gasteiger partial charge in [0.15, 0.2) is 5.78 Å². The van der Waals surface area contributed by atoms with Gasteiger partial charge in [0.25, 0.3) is 0 Å². The lowest BCUT2D eigenvalue weighted by Gasteiger charge is -2.57. The molecule has 3 atom stereocenters. The molecule has 1 unspecified atom stereocenters. The first-order valence-corrected chi connectivity index (χ1v) is 7.68. The topological polar surface area (TPSA) is 17.1 Å². The molecule has 0 aromatic carbocycles. The van der Waals surface area contributed by atoms with Gasteiger partial charge in [0.2, 0.25) is 0 Å². The Balaban J connectivity index is 2.03. The zero-order valence-corrected chi connectivity index (χ0v) is 12.1. The molecule has 0 saturated heterocycles. The Hall–Kier alpha value is -0.590. The first-order chi connectivity index (χ1) is 8.43. The van der Waals surface area contributed by atoms with E-state index in [1.54, 1.807) is 0 Å². The van der Waals surface area contributed by atoms with E-state index in [-0.39, 0.29) is 0 Å². The number of carbonyl (C=O) groups excluding carboxylic acids is 1. The molecule has 18 heavy (non-hydrogen) atoms. The molecule has 2 fully saturated rings. The number of fused-ring (bicyclic) bond motifs is 3. The molecule has 0 amide bonds. The number of allylic oxidation sites excluding steroid dienone is 2. The van der Waals surface area contributed by atoms with Crippen molar-refractivity contribution < 1.29 is 4.79 Å². The zero-order valence-electron chi connectivity index (χ0n) is 12.1. The Kier molecular flexibility index (Phi) is 2.73. The van der Waals surface area contributed by atoms with Gasteiger partial charge < -0.3 is 0 Å². The molecule has 2 saturated carbocycles. The summed E-state index contributed by atoms with van der Waals surface area (Å²) in [5.41, 5.74) is 2.31. The van der Waals surface area contributed by atoms with E-state index in [1.807, 2.05) is 6.08 Å². The van der Waals surface area contributed by atoms with E-state index in [2.05, 4.69) is 20.8 Å². The molecule has 3 rings (SSSR count). The van der Waals surface area contributed by atoms with E-state index >= 15 is 0 Å². The minimum atomic E-state index is 0.320. The second-order valence-corrected chi connectivity index (χ2v) is 7.69. The van der Waals surface area contributed by atoms with Crippen molar-refractivity contribution >= 4 is 5.78 Å². The minimum Gasteiger partial charge on any atom is -0.295 e. The smallest absolute Gasteiger partial charge is 0.155 e. The van der Waals surface area contributed by atoms with Gasteiger partial charge in [0.05, 0.1) is 0 Å². The summed E-state index contributed by atoms with van der Waals surface area (Å²) < 4.78 is 0. The monoisotopic (exact) mass is 246 g/mol. The number of rotatable bonds is 0. The lowest BCUT2D eigenvalue weighted by atomic mass is 9.47. The van der Waals surface area contributed by atoms with Crippen LogP contribution in [-0.2, 0) is 4.79 Å². The fraction of sp³-hybridized carbons (Fsp3) is 0.824. The first-order valence-electron chi connectivity index (χ1n) is 7.68. The maximum absolute atomic E-state index is 11.8. The number of carbonyl (C=O) groups is 1. The summed E-state index contributed by atoms with van der Waals surface area (Å²) in [6.45, 7) is 7.34. The summed E-state index contributed by atoms with van der Waals surface area (Å²) in [6.07, 6.45) is 10.6. The second-order valence-electron chi connectivity index (χ2n) is 7.69. The van der Waals surface area contributed by atoms with Gasteiger partial charge in [-0.25, -0.2) is 0 Å². The van der Waals surface area contributed by atoms with Crippen molar-refractivity contribution in [3.05, 3.63) is 11.6 Å². The molecule has 0 radical (unpaired) electrons. The Morgan fingerprint density at radius 3 is 2.67 bits per heavy atom. The molecule has 0 N–H and O–H groups in total. The maximum atomic E-state index is 11.8. The van der Waals surface area contributed by atoms with Crippen molar-refractivity contribution in [3.63, 3.8) is 0 Å². The van der Waals surface area contributed by atoms with Crippen LogP contribution in [0.5, 0.6) is 0 Å². The molecule has 0 aromatic heterocycles. The molecule has 0 aromatic rings. The van der Waals surface area contributed by atoms with Crippen molar-refractivity contribution in [2.45, 2.75) is 65.7 Å². The highest BCUT2D eigenvalue weighted by molar-refractivity contribution is 5.91. The van der Waals surface area contributed by atoms with Gasteiger partial charge in [0.1, 0.15) is 0 Å². The van der Waals surface area contributed by atoms with Crippen LogP contribution < -0.4 is 0 Å². The predicted molar refractivity (Wildman–Crippen MR) is 74.3 cm³/mol. The van der Waals surface area contributed by atoms with Gasteiger partial charge in [-0.15, -0.1) is 0 Å². The predicted octanol–water partition coefficient (Wildman–Crippen LogP) is 4.52. The van der Waals surface area contributed by atoms with Crippen LogP contribution in [0.2, 0.25) is 0 Å². The molecule has 0 spiro atoms. The van der Waals surface area contributed by atoms with Crippen LogP contribution in [0, 0.1) is 22.7 Å². The van der Waals surface area contributed by atoms with E-state index in [9.17, 15) is 4.79 Å². The van der Waals surface area contributed by atoms with Gasteiger partial charge >= 0.3 is 0 Å². The summed E-state index contributed by atoms with van der Waals surface area (Å²) in [7, 11) is 0. The first kappa shape index (κ1) is 12.4. The zero-order chi connectivity index (χ0) is 13.0. The Morgan fingerprint density at radius 2 is 1.89 bits per heavy atom. The van der Waals surface area contributed by atoms with Gasteiger partial charge in [-0.1, -0.05) is 32.8 Å². The quantitative estimate of drug-likeness (QED) is 0.614. The van der Waals surface area contributed by atoms with Crippen LogP contribution in [0.3, 0.4) is 0 Å². The average Bonchev–Trinajstić information content (AvgIpc) is 2.29. The highest BCUT2D eigenvalue weighted by Crippen LogP contribution is 2.61. The molecule has 1 heteroatoms. The third-order valence-corrected chi connectivity index (χ3v) is 6.19. The maximum Gasteiger partial charge on any atom is 0.155 e. The van der Waals surface area contributed by atoms with E-state index in [4.69, 9.17) is 0 Å². The lowest BCUT2D eigenvalue weighted by Crippen LogP contribution is -2.48. The average molecular weight is 246 g/mol. The molecule has 3 aliphatic carbocycles. The van der Waals surface area contributed by atoms with E-state index in [1.165, 1.54) is 37.7 Å². The van der Waals surface area contributed by atoms with Crippen molar-refractivity contribution in [1.29, 1.82) is 0 Å². The second kappa shape index (κ2) is 3.95. The van der Waals surface area contributed by atoms with Gasteiger partial charge in [-0.05, 0) is 60.8 Å². The fourth-order valence-corrected chi connectivity index (χ4v) is 5.31. The Bertz CT molecular complexity index is 404. The van der Waals surface area contributed by atoms with Crippen LogP contribution >= 0.6 is 0 Å². The summed E-state index contributed by atoms with van der Waals surface area (Å²) in [5.74, 6) is 1.89. The molecule has 0 bridgehead atoms. The van der Waals surface area contributed by atoms with Crippen molar-refractivity contribution in [2.24, 2.45) is 22.7 Å². The molecule has 1 nitrogen and oxygen atoms in total. The molecule has 100 valence electrons. The summed E-state index contributed by atoms with van der Waals surface area (Å²) in [4.78, 5) is 11.8. The van der Waals surface area contributed by atoms with Gasteiger partial charge in [0, 0.05) is 6.42 Å². The third kappa shape index (κ3) is 1.70. The standard InChI is InChI=1S/C17H26O/c1-16(2)9-4-10-17(3)14-11-13(18)7-5-12(14)6-8-15(16)17/h11-12,15H,4-10H2,1-3H3/t12-,15?,17-/m1/s1. The largest absolute Gasteiger partial charge is 0.295 e. The number of hydrogen-bond donors (Lipinski definition) is 0. The molecule has 0 heterocycles. The SMILES string of the molecule is CC1(C)CCC[C@]2(C)C3=CC(=O)CC[C@@H]3CCC12. The van der Waals surface area contributed by atoms with Crippen LogP contribution in [0.25, 0.3) is 0 Å². The molecule has 0 aliphatic heterocycles. The van der Waals surface area contributed by atoms with E-state index in [0.29, 0.717) is 16.6 Å². The van der Waals surface area contributed by atoms with Gasteiger partial charge in [-0.3, -0.25) is 4.79 Å². The number of hydrogen-bond acceptors (Lipinski definition) is 1. The molecule has 3 aliphatic rings. The van der Waals surface area contributed by atoms with Crippen molar-refractivity contribution in [2.75, 3.05) is 0 Å². The molecular formula is C17H26O. The van der Waals surface area contributed by atoms with Crippen molar-refractivity contribution in [3.8, 4) is 0 Å². The van der Waals surface area contributed by atoms with Crippen LogP contribution in [-0.4, -0.2) is 5.78 Å². The summed E-state index contributed by atoms with van der Waals surface area (Å²) in [6, 6.07) is 0. The normalized spacial score (nSPS) is 42.8.